The van der Waals surface area contributed by atoms with Gasteiger partial charge in [0.25, 0.3) is 0 Å². The van der Waals surface area contributed by atoms with Crippen LogP contribution in [-0.2, 0) is 6.54 Å². The zero-order valence-electron chi connectivity index (χ0n) is 8.94. The Morgan fingerprint density at radius 2 is 2.19 bits per heavy atom. The largest absolute Gasteiger partial charge is 0.251 e. The van der Waals surface area contributed by atoms with E-state index in [2.05, 4.69) is 61.2 Å². The minimum atomic E-state index is 0.492. The van der Waals surface area contributed by atoms with E-state index in [1.807, 2.05) is 10.7 Å². The van der Waals surface area contributed by atoms with E-state index in [1.54, 1.807) is 11.3 Å². The highest BCUT2D eigenvalue weighted by Crippen LogP contribution is 2.21. The predicted molar refractivity (Wildman–Crippen MR) is 72.9 cm³/mol. The fraction of sp³-hybridized carbons (Fsp3) is 0.400. The van der Waals surface area contributed by atoms with Crippen LogP contribution in [0.2, 0.25) is 0 Å². The molecule has 0 bridgehead atoms. The minimum Gasteiger partial charge on any atom is -0.251 e. The van der Waals surface area contributed by atoms with E-state index in [1.165, 1.54) is 5.01 Å². The van der Waals surface area contributed by atoms with Crippen LogP contribution < -0.4 is 0 Å². The molecule has 0 aliphatic carbocycles. The van der Waals surface area contributed by atoms with Crippen LogP contribution >= 0.6 is 43.2 Å². The van der Waals surface area contributed by atoms with E-state index in [0.717, 1.165) is 14.9 Å². The van der Waals surface area contributed by atoms with E-state index in [4.69, 9.17) is 0 Å². The van der Waals surface area contributed by atoms with Crippen LogP contribution in [0.5, 0.6) is 0 Å². The van der Waals surface area contributed by atoms with Crippen LogP contribution in [0, 0.1) is 0 Å². The second-order valence-corrected chi connectivity index (χ2v) is 6.29. The van der Waals surface area contributed by atoms with Gasteiger partial charge < -0.3 is 0 Å². The molecular formula is C10H11Br2N3S. The molecule has 86 valence electrons. The number of hydrogen-bond donors (Lipinski definition) is 0. The Hall–Kier alpha value is -0.200. The zero-order valence-corrected chi connectivity index (χ0v) is 12.9. The van der Waals surface area contributed by atoms with Crippen molar-refractivity contribution in [2.45, 2.75) is 26.3 Å². The highest BCUT2D eigenvalue weighted by molar-refractivity contribution is 9.11. The van der Waals surface area contributed by atoms with E-state index < -0.39 is 0 Å². The summed E-state index contributed by atoms with van der Waals surface area (Å²) in [6.07, 6.45) is 0. The molecule has 0 aliphatic heterocycles. The molecule has 0 saturated heterocycles. The normalized spacial score (nSPS) is 11.3. The van der Waals surface area contributed by atoms with Gasteiger partial charge in [0, 0.05) is 17.4 Å². The molecule has 0 unspecified atom stereocenters. The van der Waals surface area contributed by atoms with Crippen molar-refractivity contribution in [2.24, 2.45) is 0 Å². The third-order valence-electron chi connectivity index (χ3n) is 2.08. The molecule has 2 aromatic heterocycles. The van der Waals surface area contributed by atoms with Crippen LogP contribution in [0.4, 0.5) is 0 Å². The molecule has 0 amide bonds. The summed E-state index contributed by atoms with van der Waals surface area (Å²) in [5.74, 6) is 0.492. The van der Waals surface area contributed by atoms with Crippen LogP contribution in [0.1, 0.15) is 30.5 Å². The number of thiazole rings is 1. The molecule has 0 N–H and O–H groups in total. The van der Waals surface area contributed by atoms with Gasteiger partial charge in [-0.3, -0.25) is 4.68 Å². The van der Waals surface area contributed by atoms with Gasteiger partial charge >= 0.3 is 0 Å². The maximum Gasteiger partial charge on any atom is 0.129 e. The van der Waals surface area contributed by atoms with Gasteiger partial charge in [-0.05, 0) is 31.9 Å². The molecule has 3 nitrogen and oxygen atoms in total. The third kappa shape index (κ3) is 2.73. The van der Waals surface area contributed by atoms with Crippen molar-refractivity contribution in [1.82, 2.24) is 14.8 Å². The molecule has 0 spiro atoms. The van der Waals surface area contributed by atoms with Gasteiger partial charge in [0.2, 0.25) is 0 Å². The van der Waals surface area contributed by atoms with Crippen LogP contribution in [0.3, 0.4) is 0 Å². The Kier molecular flexibility index (Phi) is 3.81. The van der Waals surface area contributed by atoms with Gasteiger partial charge in [-0.2, -0.15) is 5.10 Å². The maximum absolute atomic E-state index is 4.58. The second kappa shape index (κ2) is 4.98. The molecule has 0 fully saturated rings. The highest BCUT2D eigenvalue weighted by atomic mass is 79.9. The molecule has 2 rings (SSSR count). The van der Waals surface area contributed by atoms with E-state index in [-0.39, 0.29) is 0 Å². The molecule has 0 aliphatic rings. The average Bonchev–Trinajstić information content (AvgIpc) is 2.75. The lowest BCUT2D eigenvalue weighted by molar-refractivity contribution is 0.653. The number of aromatic nitrogens is 3. The average molecular weight is 365 g/mol. The summed E-state index contributed by atoms with van der Waals surface area (Å²) in [5, 5.41) is 7.58. The van der Waals surface area contributed by atoms with Crippen LogP contribution in [0.15, 0.2) is 20.7 Å². The first kappa shape index (κ1) is 12.3. The Balaban J connectivity index is 2.17. The highest BCUT2D eigenvalue weighted by Gasteiger charge is 2.09. The predicted octanol–water partition coefficient (Wildman–Crippen LogP) is 4.04. The fourth-order valence-electron chi connectivity index (χ4n) is 1.29. The summed E-state index contributed by atoms with van der Waals surface area (Å²) < 4.78 is 3.67. The summed E-state index contributed by atoms with van der Waals surface area (Å²) in [6.45, 7) is 5.02. The Morgan fingerprint density at radius 3 is 2.69 bits per heavy atom. The second-order valence-electron chi connectivity index (χ2n) is 3.78. The first-order chi connectivity index (χ1) is 7.56. The van der Waals surface area contributed by atoms with Crippen molar-refractivity contribution >= 4 is 43.2 Å². The number of rotatable bonds is 3. The summed E-state index contributed by atoms with van der Waals surface area (Å²) in [5.41, 5.74) is 1.06. The van der Waals surface area contributed by atoms with Gasteiger partial charge in [0.1, 0.15) is 9.21 Å². The van der Waals surface area contributed by atoms with Crippen LogP contribution in [-0.4, -0.2) is 14.8 Å². The number of nitrogens with zero attached hydrogens (tertiary/aromatic N) is 3. The topological polar surface area (TPSA) is 30.7 Å². The Bertz CT molecular complexity index is 490. The first-order valence-corrected chi connectivity index (χ1v) is 7.36. The van der Waals surface area contributed by atoms with E-state index in [0.29, 0.717) is 12.5 Å². The van der Waals surface area contributed by atoms with Crippen LogP contribution in [0.25, 0.3) is 0 Å². The summed E-state index contributed by atoms with van der Waals surface area (Å²) in [6, 6.07) is 1.93. The summed E-state index contributed by atoms with van der Waals surface area (Å²) in [7, 11) is 0. The summed E-state index contributed by atoms with van der Waals surface area (Å²) in [4.78, 5) is 4.58. The SMILES string of the molecule is CC(C)c1nc(Cn2nc(Br)cc2Br)cs1. The van der Waals surface area contributed by atoms with Gasteiger partial charge in [-0.1, -0.05) is 13.8 Å². The standard InChI is InChI=1S/C10H11Br2N3S/c1-6(2)10-13-7(5-16-10)4-15-9(12)3-8(11)14-15/h3,5-6H,4H2,1-2H3. The van der Waals surface area contributed by atoms with Gasteiger partial charge in [-0.15, -0.1) is 11.3 Å². The molecular weight excluding hydrogens is 354 g/mol. The Morgan fingerprint density at radius 1 is 1.44 bits per heavy atom. The first-order valence-electron chi connectivity index (χ1n) is 4.89. The van der Waals surface area contributed by atoms with E-state index >= 15 is 0 Å². The lowest BCUT2D eigenvalue weighted by Crippen LogP contribution is -2.02. The van der Waals surface area contributed by atoms with Crippen molar-refractivity contribution < 1.29 is 0 Å². The van der Waals surface area contributed by atoms with Crippen molar-refractivity contribution in [1.29, 1.82) is 0 Å². The van der Waals surface area contributed by atoms with E-state index in [9.17, 15) is 0 Å². The maximum atomic E-state index is 4.58. The monoisotopic (exact) mass is 363 g/mol. The molecule has 6 heteroatoms. The van der Waals surface area contributed by atoms with Gasteiger partial charge in [0.15, 0.2) is 0 Å². The number of hydrogen-bond acceptors (Lipinski definition) is 3. The van der Waals surface area contributed by atoms with Crippen molar-refractivity contribution in [3.8, 4) is 0 Å². The lowest BCUT2D eigenvalue weighted by atomic mass is 10.2. The smallest absolute Gasteiger partial charge is 0.129 e. The zero-order chi connectivity index (χ0) is 11.7. The quantitative estimate of drug-likeness (QED) is 0.822. The molecule has 2 aromatic rings. The molecule has 16 heavy (non-hydrogen) atoms. The lowest BCUT2D eigenvalue weighted by Gasteiger charge is -2.00. The minimum absolute atomic E-state index is 0.492. The van der Waals surface area contributed by atoms with Gasteiger partial charge in [0.05, 0.1) is 17.2 Å². The van der Waals surface area contributed by atoms with Crippen molar-refractivity contribution in [2.75, 3.05) is 0 Å². The molecule has 0 saturated carbocycles. The Labute approximate surface area is 115 Å². The molecule has 0 aromatic carbocycles. The summed E-state index contributed by atoms with van der Waals surface area (Å²) >= 11 is 8.51. The molecule has 0 radical (unpaired) electrons. The fourth-order valence-corrected chi connectivity index (χ4v) is 3.25. The molecule has 2 heterocycles. The van der Waals surface area contributed by atoms with Gasteiger partial charge in [-0.25, -0.2) is 4.98 Å². The molecule has 0 atom stereocenters. The van der Waals surface area contributed by atoms with Crippen molar-refractivity contribution in [3.63, 3.8) is 0 Å². The third-order valence-corrected chi connectivity index (χ3v) is 4.30. The van der Waals surface area contributed by atoms with Crippen molar-refractivity contribution in [3.05, 3.63) is 31.4 Å². The number of halogens is 2.